The van der Waals surface area contributed by atoms with Crippen LogP contribution in [0.15, 0.2) is 53.7 Å². The fourth-order valence-corrected chi connectivity index (χ4v) is 2.88. The molecule has 2 N–H and O–H groups in total. The lowest BCUT2D eigenvalue weighted by molar-refractivity contribution is 0.617. The van der Waals surface area contributed by atoms with E-state index in [9.17, 15) is 9.18 Å². The largest absolute Gasteiger partial charge is 0.361 e. The van der Waals surface area contributed by atoms with Crippen molar-refractivity contribution in [2.24, 2.45) is 0 Å². The maximum absolute atomic E-state index is 13.0. The number of hydrogen-bond acceptors (Lipinski definition) is 5. The van der Waals surface area contributed by atoms with E-state index in [0.29, 0.717) is 33.4 Å². The molecule has 0 aliphatic heterocycles. The number of imidazole rings is 1. The molecule has 0 saturated carbocycles. The molecule has 0 bridgehead atoms. The van der Waals surface area contributed by atoms with Gasteiger partial charge in [0.15, 0.2) is 5.65 Å². The molecule has 0 aliphatic carbocycles. The lowest BCUT2D eigenvalue weighted by Crippen LogP contribution is -2.12. The second-order valence-corrected chi connectivity index (χ2v) is 6.40. The molecule has 0 amide bonds. The van der Waals surface area contributed by atoms with E-state index >= 15 is 0 Å². The number of H-pyrrole nitrogens is 1. The number of hydrogen-bond donors (Lipinski definition) is 2. The normalized spacial score (nSPS) is 12.3. The van der Waals surface area contributed by atoms with Crippen molar-refractivity contribution in [3.05, 3.63) is 75.8 Å². The summed E-state index contributed by atoms with van der Waals surface area (Å²) in [5.74, 6) is 0.166. The van der Waals surface area contributed by atoms with Crippen LogP contribution in [0.3, 0.4) is 0 Å². The molecule has 1 unspecified atom stereocenters. The van der Waals surface area contributed by atoms with E-state index < -0.39 is 0 Å². The molecule has 0 fully saturated rings. The monoisotopic (exact) mass is 384 g/mol. The number of nitrogens with zero attached hydrogens (tertiary/aromatic N) is 4. The van der Waals surface area contributed by atoms with E-state index in [1.807, 2.05) is 6.92 Å². The minimum Gasteiger partial charge on any atom is -0.361 e. The zero-order valence-electron chi connectivity index (χ0n) is 14.1. The van der Waals surface area contributed by atoms with Gasteiger partial charge in [-0.05, 0) is 37.3 Å². The number of aromatic nitrogens is 5. The standard InChI is InChI=1S/C18H14ClFN6O/c1-10(14-3-2-12(20)8-21-14)24-16-4-5-17-22-9-15(26(17)25-16)13-6-11(19)7-23-18(13)27/h2-10H,1H3,(H,23,27)(H,24,25). The highest BCUT2D eigenvalue weighted by Crippen LogP contribution is 2.21. The molecule has 0 aromatic carbocycles. The van der Waals surface area contributed by atoms with Crippen LogP contribution in [0.2, 0.25) is 5.02 Å². The van der Waals surface area contributed by atoms with Gasteiger partial charge >= 0.3 is 0 Å². The molecule has 4 heterocycles. The molecular formula is C18H14ClFN6O. The number of pyridine rings is 2. The molecule has 4 aromatic heterocycles. The summed E-state index contributed by atoms with van der Waals surface area (Å²) in [6, 6.07) is 7.89. The van der Waals surface area contributed by atoms with Gasteiger partial charge in [0.25, 0.3) is 5.56 Å². The van der Waals surface area contributed by atoms with Gasteiger partial charge in [0, 0.05) is 6.20 Å². The zero-order chi connectivity index (χ0) is 19.0. The third-order valence-electron chi connectivity index (χ3n) is 4.06. The minimum atomic E-state index is -0.389. The Balaban J connectivity index is 1.70. The average molecular weight is 385 g/mol. The van der Waals surface area contributed by atoms with Crippen molar-refractivity contribution < 1.29 is 4.39 Å². The number of anilines is 1. The topological polar surface area (TPSA) is 88.0 Å². The van der Waals surface area contributed by atoms with E-state index in [4.69, 9.17) is 11.6 Å². The van der Waals surface area contributed by atoms with Crippen molar-refractivity contribution >= 4 is 23.1 Å². The van der Waals surface area contributed by atoms with Crippen molar-refractivity contribution in [1.82, 2.24) is 24.6 Å². The molecule has 7 nitrogen and oxygen atoms in total. The number of fused-ring (bicyclic) bond motifs is 1. The van der Waals surface area contributed by atoms with Crippen molar-refractivity contribution in [3.63, 3.8) is 0 Å². The van der Waals surface area contributed by atoms with Crippen LogP contribution in [0.1, 0.15) is 18.7 Å². The van der Waals surface area contributed by atoms with E-state index in [1.165, 1.54) is 18.5 Å². The first-order valence-corrected chi connectivity index (χ1v) is 8.50. The number of aromatic amines is 1. The highest BCUT2D eigenvalue weighted by molar-refractivity contribution is 6.30. The smallest absolute Gasteiger partial charge is 0.257 e. The van der Waals surface area contributed by atoms with Crippen molar-refractivity contribution in [1.29, 1.82) is 0 Å². The number of halogens is 2. The van der Waals surface area contributed by atoms with Crippen LogP contribution in [0, 0.1) is 5.82 Å². The average Bonchev–Trinajstić information content (AvgIpc) is 3.07. The van der Waals surface area contributed by atoms with Gasteiger partial charge in [-0.15, -0.1) is 5.10 Å². The number of nitrogens with one attached hydrogen (secondary N) is 2. The van der Waals surface area contributed by atoms with Gasteiger partial charge in [-0.1, -0.05) is 11.6 Å². The third-order valence-corrected chi connectivity index (χ3v) is 4.28. The predicted molar refractivity (Wildman–Crippen MR) is 100 cm³/mol. The molecule has 1 atom stereocenters. The molecule has 4 aromatic rings. The van der Waals surface area contributed by atoms with Gasteiger partial charge in [0.1, 0.15) is 11.6 Å². The first-order valence-electron chi connectivity index (χ1n) is 8.12. The van der Waals surface area contributed by atoms with E-state index in [0.717, 1.165) is 0 Å². The molecule has 0 aliphatic rings. The van der Waals surface area contributed by atoms with Gasteiger partial charge in [0.05, 0.1) is 40.4 Å². The molecule has 0 saturated heterocycles. The van der Waals surface area contributed by atoms with Gasteiger partial charge in [-0.3, -0.25) is 9.78 Å². The van der Waals surface area contributed by atoms with Crippen molar-refractivity contribution in [2.75, 3.05) is 5.32 Å². The maximum atomic E-state index is 13.0. The Hall–Kier alpha value is -3.26. The molecule has 0 radical (unpaired) electrons. The van der Waals surface area contributed by atoms with E-state index in [2.05, 4.69) is 25.4 Å². The van der Waals surface area contributed by atoms with Gasteiger partial charge in [-0.2, -0.15) is 0 Å². The van der Waals surface area contributed by atoms with E-state index in [1.54, 1.807) is 35.0 Å². The molecule has 4 rings (SSSR count). The molecule has 27 heavy (non-hydrogen) atoms. The zero-order valence-corrected chi connectivity index (χ0v) is 14.9. The Kier molecular flexibility index (Phi) is 4.33. The fourth-order valence-electron chi connectivity index (χ4n) is 2.72. The summed E-state index contributed by atoms with van der Waals surface area (Å²) in [5, 5.41) is 8.13. The van der Waals surface area contributed by atoms with Crippen LogP contribution in [0.5, 0.6) is 0 Å². The SMILES string of the molecule is CC(Nc1ccc2ncc(-c3cc(Cl)c[nH]c3=O)n2n1)c1ccc(F)cn1. The van der Waals surface area contributed by atoms with Gasteiger partial charge < -0.3 is 10.3 Å². The van der Waals surface area contributed by atoms with Crippen molar-refractivity contribution in [3.8, 4) is 11.3 Å². The summed E-state index contributed by atoms with van der Waals surface area (Å²) in [5.41, 5.74) is 1.86. The summed E-state index contributed by atoms with van der Waals surface area (Å²) >= 11 is 6.00. The lowest BCUT2D eigenvalue weighted by Gasteiger charge is -2.14. The Labute approximate surface area is 157 Å². The van der Waals surface area contributed by atoms with Crippen LogP contribution in [-0.4, -0.2) is 24.6 Å². The second kappa shape index (κ2) is 6.81. The molecule has 136 valence electrons. The van der Waals surface area contributed by atoms with Crippen molar-refractivity contribution in [2.45, 2.75) is 13.0 Å². The Bertz CT molecular complexity index is 1170. The minimum absolute atomic E-state index is 0.197. The quantitative estimate of drug-likeness (QED) is 0.562. The Morgan fingerprint density at radius 1 is 1.22 bits per heavy atom. The summed E-state index contributed by atoms with van der Waals surface area (Å²) in [6.45, 7) is 1.89. The highest BCUT2D eigenvalue weighted by atomic mass is 35.5. The molecule has 9 heteroatoms. The van der Waals surface area contributed by atoms with Crippen LogP contribution >= 0.6 is 11.6 Å². The highest BCUT2D eigenvalue weighted by Gasteiger charge is 2.13. The van der Waals surface area contributed by atoms with Crippen LogP contribution in [0.4, 0.5) is 10.2 Å². The first kappa shape index (κ1) is 17.2. The van der Waals surface area contributed by atoms with E-state index in [-0.39, 0.29) is 17.4 Å². The maximum Gasteiger partial charge on any atom is 0.257 e. The molecule has 0 spiro atoms. The summed E-state index contributed by atoms with van der Waals surface area (Å²) in [6.07, 6.45) is 4.16. The summed E-state index contributed by atoms with van der Waals surface area (Å²) < 4.78 is 14.6. The van der Waals surface area contributed by atoms with Crippen LogP contribution in [-0.2, 0) is 0 Å². The number of rotatable bonds is 4. The predicted octanol–water partition coefficient (Wildman–Crippen LogP) is 3.45. The Morgan fingerprint density at radius 3 is 2.85 bits per heavy atom. The van der Waals surface area contributed by atoms with Gasteiger partial charge in [-0.25, -0.2) is 13.9 Å². The molecular weight excluding hydrogens is 371 g/mol. The summed E-state index contributed by atoms with van der Waals surface area (Å²) in [7, 11) is 0. The third kappa shape index (κ3) is 3.39. The fraction of sp³-hybridized carbons (Fsp3) is 0.111. The van der Waals surface area contributed by atoms with Crippen LogP contribution < -0.4 is 10.9 Å². The second-order valence-electron chi connectivity index (χ2n) is 5.96. The van der Waals surface area contributed by atoms with Gasteiger partial charge in [0.2, 0.25) is 0 Å². The Morgan fingerprint density at radius 2 is 2.07 bits per heavy atom. The van der Waals surface area contributed by atoms with Crippen LogP contribution in [0.25, 0.3) is 16.9 Å². The first-order chi connectivity index (χ1) is 13.0. The summed E-state index contributed by atoms with van der Waals surface area (Å²) in [4.78, 5) is 23.1. The lowest BCUT2D eigenvalue weighted by atomic mass is 10.2.